The highest BCUT2D eigenvalue weighted by atomic mass is 32.2. The van der Waals surface area contributed by atoms with E-state index in [1.165, 1.54) is 42.5 Å². The van der Waals surface area contributed by atoms with Gasteiger partial charge in [0.2, 0.25) is 10.0 Å². The minimum Gasteiger partial charge on any atom is -0.506 e. The number of sulfonamides is 1. The van der Waals surface area contributed by atoms with Gasteiger partial charge in [0.25, 0.3) is 5.91 Å². The van der Waals surface area contributed by atoms with Gasteiger partial charge in [-0.1, -0.05) is 24.3 Å². The second-order valence-electron chi connectivity index (χ2n) is 7.59. The fourth-order valence-electron chi connectivity index (χ4n) is 3.10. The third-order valence-electron chi connectivity index (χ3n) is 5.02. The molecule has 1 amide bonds. The Morgan fingerprint density at radius 2 is 1.53 bits per heavy atom. The van der Waals surface area contributed by atoms with Crippen molar-refractivity contribution in [3.8, 4) is 16.9 Å². The van der Waals surface area contributed by atoms with E-state index in [4.69, 9.17) is 0 Å². The summed E-state index contributed by atoms with van der Waals surface area (Å²) in [7, 11) is -2.86. The monoisotopic (exact) mass is 522 g/mol. The zero-order chi connectivity index (χ0) is 26.5. The van der Waals surface area contributed by atoms with Crippen LogP contribution in [-0.4, -0.2) is 38.3 Å². The fraction of sp³-hybridized carbons (Fsp3) is 0.167. The van der Waals surface area contributed by atoms with Crippen molar-refractivity contribution in [2.75, 3.05) is 22.9 Å². The minimum atomic E-state index is -4.43. The van der Waals surface area contributed by atoms with E-state index in [-0.39, 0.29) is 23.4 Å². The van der Waals surface area contributed by atoms with Crippen LogP contribution in [0.5, 0.6) is 5.75 Å². The molecule has 0 atom stereocenters. The molecule has 0 spiro atoms. The normalized spacial score (nSPS) is 11.6. The van der Waals surface area contributed by atoms with E-state index in [2.05, 4.69) is 14.8 Å². The molecular formula is C24H21F3N2O6S. The lowest BCUT2D eigenvalue weighted by molar-refractivity contribution is -0.140. The van der Waals surface area contributed by atoms with Gasteiger partial charge in [-0.15, -0.1) is 0 Å². The zero-order valence-corrected chi connectivity index (χ0v) is 19.6. The summed E-state index contributed by atoms with van der Waals surface area (Å²) in [6, 6.07) is 14.5. The average Bonchev–Trinajstić information content (AvgIpc) is 2.84. The molecule has 8 nitrogen and oxygen atoms in total. The number of alkyl halides is 3. The Bertz CT molecular complexity index is 1360. The number of phenolic OH excluding ortho intramolecular Hbond substituents is 1. The Balaban J connectivity index is 1.69. The summed E-state index contributed by atoms with van der Waals surface area (Å²) in [5, 5.41) is 12.6. The van der Waals surface area contributed by atoms with Crippen molar-refractivity contribution in [2.45, 2.75) is 12.6 Å². The molecule has 0 aliphatic heterocycles. The maximum atomic E-state index is 12.7. The quantitative estimate of drug-likeness (QED) is 0.225. The number of anilines is 2. The lowest BCUT2D eigenvalue weighted by Gasteiger charge is -2.12. The van der Waals surface area contributed by atoms with Gasteiger partial charge < -0.3 is 15.2 Å². The summed E-state index contributed by atoms with van der Waals surface area (Å²) in [5.41, 5.74) is 0.594. The average molecular weight is 523 g/mol. The van der Waals surface area contributed by atoms with Gasteiger partial charge in [0, 0.05) is 11.3 Å². The van der Waals surface area contributed by atoms with Crippen molar-refractivity contribution >= 4 is 33.3 Å². The van der Waals surface area contributed by atoms with Crippen LogP contribution in [0.25, 0.3) is 11.1 Å². The summed E-state index contributed by atoms with van der Waals surface area (Å²) >= 11 is 0. The number of carbonyl (C=O) groups excluding carboxylic acids is 2. The molecule has 0 aliphatic rings. The van der Waals surface area contributed by atoms with Gasteiger partial charge in [0.1, 0.15) is 5.75 Å². The van der Waals surface area contributed by atoms with E-state index in [1.54, 1.807) is 12.1 Å². The second-order valence-corrected chi connectivity index (χ2v) is 9.43. The molecule has 3 aromatic rings. The molecule has 3 N–H and O–H groups in total. The highest BCUT2D eigenvalue weighted by Gasteiger charge is 2.30. The maximum Gasteiger partial charge on any atom is 0.416 e. The molecule has 3 rings (SSSR count). The number of amides is 1. The lowest BCUT2D eigenvalue weighted by Crippen LogP contribution is -2.20. The molecular weight excluding hydrogens is 501 g/mol. The number of esters is 1. The number of methoxy groups -OCH3 is 1. The molecule has 0 fully saturated rings. The number of ether oxygens (including phenoxy) is 1. The van der Waals surface area contributed by atoms with E-state index < -0.39 is 45.1 Å². The molecule has 0 aliphatic carbocycles. The molecule has 3 aromatic carbocycles. The van der Waals surface area contributed by atoms with Gasteiger partial charge in [-0.2, -0.15) is 13.2 Å². The summed E-state index contributed by atoms with van der Waals surface area (Å²) in [4.78, 5) is 23.8. The van der Waals surface area contributed by atoms with Crippen LogP contribution in [0.2, 0.25) is 0 Å². The highest BCUT2D eigenvalue weighted by molar-refractivity contribution is 7.92. The van der Waals surface area contributed by atoms with Gasteiger partial charge in [-0.25, -0.2) is 8.42 Å². The van der Waals surface area contributed by atoms with E-state index in [1.807, 2.05) is 0 Å². The highest BCUT2D eigenvalue weighted by Crippen LogP contribution is 2.31. The van der Waals surface area contributed by atoms with Crippen molar-refractivity contribution in [1.29, 1.82) is 0 Å². The van der Waals surface area contributed by atoms with Gasteiger partial charge in [-0.3, -0.25) is 14.3 Å². The molecule has 0 unspecified atom stereocenters. The Labute approximate surface area is 204 Å². The number of hydrogen-bond acceptors (Lipinski definition) is 6. The number of phenols is 1. The zero-order valence-electron chi connectivity index (χ0n) is 18.8. The van der Waals surface area contributed by atoms with Crippen LogP contribution in [0.1, 0.15) is 22.3 Å². The first kappa shape index (κ1) is 26.5. The summed E-state index contributed by atoms with van der Waals surface area (Å²) in [6.07, 6.45) is -4.82. The Hall–Kier alpha value is -4.06. The van der Waals surface area contributed by atoms with Crippen molar-refractivity contribution in [1.82, 2.24) is 0 Å². The number of hydrogen-bond donors (Lipinski definition) is 3. The van der Waals surface area contributed by atoms with E-state index in [9.17, 15) is 36.3 Å². The van der Waals surface area contributed by atoms with Crippen molar-refractivity contribution in [3.63, 3.8) is 0 Å². The Kier molecular flexibility index (Phi) is 7.88. The smallest absolute Gasteiger partial charge is 0.416 e. The van der Waals surface area contributed by atoms with Gasteiger partial charge in [-0.05, 0) is 53.6 Å². The number of rotatable bonds is 8. The van der Waals surface area contributed by atoms with Crippen LogP contribution in [0.4, 0.5) is 24.5 Å². The first-order chi connectivity index (χ1) is 16.9. The van der Waals surface area contributed by atoms with Crippen molar-refractivity contribution < 1.29 is 41.0 Å². The number of aromatic hydroxyl groups is 1. The van der Waals surface area contributed by atoms with Crippen LogP contribution >= 0.6 is 0 Å². The second kappa shape index (κ2) is 10.7. The number of nitrogens with one attached hydrogen (secondary N) is 2. The molecule has 190 valence electrons. The topological polar surface area (TPSA) is 122 Å². The molecule has 0 saturated carbocycles. The predicted octanol–water partition coefficient (Wildman–Crippen LogP) is 4.64. The van der Waals surface area contributed by atoms with Crippen molar-refractivity contribution in [2.24, 2.45) is 0 Å². The summed E-state index contributed by atoms with van der Waals surface area (Å²) < 4.78 is 69.1. The summed E-state index contributed by atoms with van der Waals surface area (Å²) in [5.74, 6) is -2.22. The number of benzene rings is 3. The predicted molar refractivity (Wildman–Crippen MR) is 127 cm³/mol. The van der Waals surface area contributed by atoms with Crippen LogP contribution in [-0.2, 0) is 25.7 Å². The lowest BCUT2D eigenvalue weighted by atomic mass is 10.0. The minimum absolute atomic E-state index is 0.176. The van der Waals surface area contributed by atoms with Crippen LogP contribution in [0.15, 0.2) is 66.7 Å². The molecule has 36 heavy (non-hydrogen) atoms. The molecule has 0 saturated heterocycles. The van der Waals surface area contributed by atoms with E-state index in [0.29, 0.717) is 11.1 Å². The third-order valence-corrected chi connectivity index (χ3v) is 6.29. The van der Waals surface area contributed by atoms with Crippen LogP contribution in [0.3, 0.4) is 0 Å². The SMILES string of the molecule is COC(=O)CCS(=O)(=O)Nc1cc(NC(=O)c2ccc(-c3ccc(C(F)(F)F)cc3)cc2)ccc1O. The van der Waals surface area contributed by atoms with Crippen LogP contribution < -0.4 is 10.0 Å². The molecule has 12 heteroatoms. The number of halogens is 3. The van der Waals surface area contributed by atoms with Crippen LogP contribution in [0, 0.1) is 0 Å². The van der Waals surface area contributed by atoms with Crippen molar-refractivity contribution in [3.05, 3.63) is 77.9 Å². The largest absolute Gasteiger partial charge is 0.506 e. The Morgan fingerprint density at radius 3 is 2.08 bits per heavy atom. The Morgan fingerprint density at radius 1 is 0.944 bits per heavy atom. The molecule has 0 radical (unpaired) electrons. The fourth-order valence-corrected chi connectivity index (χ4v) is 4.14. The third kappa shape index (κ3) is 6.98. The number of carbonyl (C=O) groups is 2. The van der Waals surface area contributed by atoms with Gasteiger partial charge >= 0.3 is 12.1 Å². The summed E-state index contributed by atoms with van der Waals surface area (Å²) in [6.45, 7) is 0. The van der Waals surface area contributed by atoms with Gasteiger partial charge in [0.15, 0.2) is 0 Å². The standard InChI is InChI=1S/C24H21F3N2O6S/c1-35-22(31)12-13-36(33,34)29-20-14-19(10-11-21(20)30)28-23(32)17-4-2-15(3-5-17)16-6-8-18(9-7-16)24(25,26)27/h2-11,14,29-30H,12-13H2,1H3,(H,28,32). The molecule has 0 bridgehead atoms. The first-order valence-electron chi connectivity index (χ1n) is 10.4. The first-order valence-corrected chi connectivity index (χ1v) is 12.0. The maximum absolute atomic E-state index is 12.7. The molecule has 0 heterocycles. The van der Waals surface area contributed by atoms with Gasteiger partial charge in [0.05, 0.1) is 30.5 Å². The van der Waals surface area contributed by atoms with E-state index in [0.717, 1.165) is 19.2 Å². The molecule has 0 aromatic heterocycles. The van der Waals surface area contributed by atoms with E-state index >= 15 is 0 Å².